The highest BCUT2D eigenvalue weighted by molar-refractivity contribution is 14.1. The van der Waals surface area contributed by atoms with Gasteiger partial charge < -0.3 is 14.8 Å². The van der Waals surface area contributed by atoms with Crippen LogP contribution in [0.15, 0.2) is 24.3 Å². The topological polar surface area (TPSA) is 30.5 Å². The Labute approximate surface area is 116 Å². The Morgan fingerprint density at radius 1 is 1.35 bits per heavy atom. The Bertz CT molecular complexity index is 355. The van der Waals surface area contributed by atoms with E-state index in [0.29, 0.717) is 6.04 Å². The molecule has 3 unspecified atom stereocenters. The fourth-order valence-electron chi connectivity index (χ4n) is 2.18. The van der Waals surface area contributed by atoms with Crippen molar-refractivity contribution >= 4 is 28.3 Å². The SMILES string of the molecule is CCOC1CC(Nc2ccc(I)cc2)C1OC. The van der Waals surface area contributed by atoms with Gasteiger partial charge in [-0.05, 0) is 60.2 Å². The van der Waals surface area contributed by atoms with E-state index >= 15 is 0 Å². The van der Waals surface area contributed by atoms with E-state index in [9.17, 15) is 0 Å². The third kappa shape index (κ3) is 3.11. The van der Waals surface area contributed by atoms with Crippen molar-refractivity contribution in [3.63, 3.8) is 0 Å². The number of hydrogen-bond donors (Lipinski definition) is 1. The Morgan fingerprint density at radius 3 is 2.65 bits per heavy atom. The first kappa shape index (κ1) is 13.1. The van der Waals surface area contributed by atoms with Crippen LogP contribution in [-0.2, 0) is 9.47 Å². The third-order valence-corrected chi connectivity index (χ3v) is 3.82. The minimum atomic E-state index is 0.161. The molecular formula is C13H18INO2. The van der Waals surface area contributed by atoms with Gasteiger partial charge in [-0.1, -0.05) is 0 Å². The second-order valence-corrected chi connectivity index (χ2v) is 5.43. The third-order valence-electron chi connectivity index (χ3n) is 3.10. The first-order valence-electron chi connectivity index (χ1n) is 5.91. The van der Waals surface area contributed by atoms with E-state index in [0.717, 1.165) is 18.7 Å². The van der Waals surface area contributed by atoms with Gasteiger partial charge in [-0.3, -0.25) is 0 Å². The zero-order valence-electron chi connectivity index (χ0n) is 10.2. The molecule has 17 heavy (non-hydrogen) atoms. The predicted octanol–water partition coefficient (Wildman–Crippen LogP) is 2.90. The highest BCUT2D eigenvalue weighted by Crippen LogP contribution is 2.29. The van der Waals surface area contributed by atoms with Crippen molar-refractivity contribution in [2.24, 2.45) is 0 Å². The van der Waals surface area contributed by atoms with Gasteiger partial charge in [-0.25, -0.2) is 0 Å². The molecule has 0 amide bonds. The second kappa shape index (κ2) is 6.02. The standard InChI is InChI=1S/C13H18INO2/c1-3-17-12-8-11(13(12)16-2)15-10-6-4-9(14)5-7-10/h4-7,11-13,15H,3,8H2,1-2H3. The molecule has 94 valence electrons. The van der Waals surface area contributed by atoms with Gasteiger partial charge in [0.2, 0.25) is 0 Å². The van der Waals surface area contributed by atoms with Crippen LogP contribution in [-0.4, -0.2) is 32.0 Å². The van der Waals surface area contributed by atoms with Crippen molar-refractivity contribution in [2.75, 3.05) is 19.0 Å². The molecule has 3 nitrogen and oxygen atoms in total. The first-order chi connectivity index (χ1) is 8.24. The lowest BCUT2D eigenvalue weighted by Crippen LogP contribution is -2.56. The molecule has 0 saturated heterocycles. The molecule has 1 N–H and O–H groups in total. The molecule has 2 rings (SSSR count). The molecule has 1 fully saturated rings. The Hall–Kier alpha value is -0.330. The number of hydrogen-bond acceptors (Lipinski definition) is 3. The smallest absolute Gasteiger partial charge is 0.103 e. The monoisotopic (exact) mass is 347 g/mol. The summed E-state index contributed by atoms with van der Waals surface area (Å²) < 4.78 is 12.3. The van der Waals surface area contributed by atoms with E-state index in [1.807, 2.05) is 6.92 Å². The minimum Gasteiger partial charge on any atom is -0.379 e. The Morgan fingerprint density at radius 2 is 2.06 bits per heavy atom. The zero-order chi connectivity index (χ0) is 12.3. The fraction of sp³-hybridized carbons (Fsp3) is 0.538. The lowest BCUT2D eigenvalue weighted by atomic mass is 9.85. The van der Waals surface area contributed by atoms with E-state index in [2.05, 4.69) is 52.2 Å². The number of rotatable bonds is 5. The number of ether oxygens (including phenoxy) is 2. The summed E-state index contributed by atoms with van der Waals surface area (Å²) in [5, 5.41) is 3.49. The van der Waals surface area contributed by atoms with Crippen LogP contribution < -0.4 is 5.32 Å². The summed E-state index contributed by atoms with van der Waals surface area (Å²) in [6.45, 7) is 2.77. The Balaban J connectivity index is 1.90. The van der Waals surface area contributed by atoms with Gasteiger partial charge in [0.25, 0.3) is 0 Å². The van der Waals surface area contributed by atoms with E-state index in [-0.39, 0.29) is 12.2 Å². The molecule has 0 aromatic heterocycles. The molecule has 1 saturated carbocycles. The lowest BCUT2D eigenvalue weighted by molar-refractivity contribution is -0.118. The number of nitrogens with one attached hydrogen (secondary N) is 1. The largest absolute Gasteiger partial charge is 0.379 e. The maximum atomic E-state index is 5.60. The van der Waals surface area contributed by atoms with Crippen LogP contribution in [0.1, 0.15) is 13.3 Å². The van der Waals surface area contributed by atoms with Crippen molar-refractivity contribution in [1.29, 1.82) is 0 Å². The quantitative estimate of drug-likeness (QED) is 0.831. The van der Waals surface area contributed by atoms with Crippen LogP contribution in [0.25, 0.3) is 0 Å². The first-order valence-corrected chi connectivity index (χ1v) is 6.99. The van der Waals surface area contributed by atoms with Gasteiger partial charge in [-0.2, -0.15) is 0 Å². The molecule has 3 atom stereocenters. The zero-order valence-corrected chi connectivity index (χ0v) is 12.3. The summed E-state index contributed by atoms with van der Waals surface area (Å²) in [6.07, 6.45) is 1.42. The van der Waals surface area contributed by atoms with Crippen molar-refractivity contribution < 1.29 is 9.47 Å². The van der Waals surface area contributed by atoms with Crippen LogP contribution in [0.2, 0.25) is 0 Å². The van der Waals surface area contributed by atoms with Gasteiger partial charge in [0, 0.05) is 23.0 Å². The van der Waals surface area contributed by atoms with Gasteiger partial charge >= 0.3 is 0 Å². The maximum Gasteiger partial charge on any atom is 0.103 e. The summed E-state index contributed by atoms with van der Waals surface area (Å²) >= 11 is 2.31. The molecular weight excluding hydrogens is 329 g/mol. The second-order valence-electron chi connectivity index (χ2n) is 4.19. The van der Waals surface area contributed by atoms with Gasteiger partial charge in [0.15, 0.2) is 0 Å². The fourth-order valence-corrected chi connectivity index (χ4v) is 2.54. The molecule has 1 aliphatic rings. The van der Waals surface area contributed by atoms with Crippen LogP contribution in [0, 0.1) is 3.57 Å². The highest BCUT2D eigenvalue weighted by atomic mass is 127. The number of halogens is 1. The summed E-state index contributed by atoms with van der Waals surface area (Å²) in [4.78, 5) is 0. The number of methoxy groups -OCH3 is 1. The summed E-state index contributed by atoms with van der Waals surface area (Å²) in [6, 6.07) is 8.76. The molecule has 1 aromatic rings. The summed E-state index contributed by atoms with van der Waals surface area (Å²) in [5.74, 6) is 0. The molecule has 0 bridgehead atoms. The molecule has 0 radical (unpaired) electrons. The van der Waals surface area contributed by atoms with Crippen LogP contribution >= 0.6 is 22.6 Å². The van der Waals surface area contributed by atoms with Crippen molar-refractivity contribution in [1.82, 2.24) is 0 Å². The van der Waals surface area contributed by atoms with Crippen LogP contribution in [0.5, 0.6) is 0 Å². The maximum absolute atomic E-state index is 5.60. The predicted molar refractivity (Wildman–Crippen MR) is 77.4 cm³/mol. The highest BCUT2D eigenvalue weighted by Gasteiger charge is 2.42. The summed E-state index contributed by atoms with van der Waals surface area (Å²) in [5.41, 5.74) is 1.15. The Kier molecular flexibility index (Phi) is 4.64. The molecule has 1 aliphatic carbocycles. The van der Waals surface area contributed by atoms with Gasteiger partial charge in [0.05, 0.1) is 12.1 Å². The van der Waals surface area contributed by atoms with Crippen molar-refractivity contribution in [3.8, 4) is 0 Å². The summed E-state index contributed by atoms with van der Waals surface area (Å²) in [7, 11) is 1.75. The number of anilines is 1. The van der Waals surface area contributed by atoms with Crippen LogP contribution in [0.4, 0.5) is 5.69 Å². The van der Waals surface area contributed by atoms with E-state index in [4.69, 9.17) is 9.47 Å². The molecule has 1 aromatic carbocycles. The normalized spacial score (nSPS) is 27.6. The average molecular weight is 347 g/mol. The molecule has 4 heteroatoms. The van der Waals surface area contributed by atoms with Crippen molar-refractivity contribution in [2.45, 2.75) is 31.6 Å². The van der Waals surface area contributed by atoms with E-state index in [1.165, 1.54) is 3.57 Å². The molecule has 0 spiro atoms. The molecule has 0 aliphatic heterocycles. The van der Waals surface area contributed by atoms with Crippen LogP contribution in [0.3, 0.4) is 0 Å². The van der Waals surface area contributed by atoms with Crippen molar-refractivity contribution in [3.05, 3.63) is 27.8 Å². The number of benzene rings is 1. The lowest BCUT2D eigenvalue weighted by Gasteiger charge is -2.43. The van der Waals surface area contributed by atoms with E-state index in [1.54, 1.807) is 7.11 Å². The average Bonchev–Trinajstić information content (AvgIpc) is 2.30. The van der Waals surface area contributed by atoms with Gasteiger partial charge in [-0.15, -0.1) is 0 Å². The molecule has 0 heterocycles. The van der Waals surface area contributed by atoms with E-state index < -0.39 is 0 Å². The van der Waals surface area contributed by atoms with Gasteiger partial charge in [0.1, 0.15) is 6.10 Å². The minimum absolute atomic E-state index is 0.161.